The highest BCUT2D eigenvalue weighted by molar-refractivity contribution is 6.43. The summed E-state index contributed by atoms with van der Waals surface area (Å²) < 4.78 is 0. The molecule has 0 nitrogen and oxygen atoms in total. The van der Waals surface area contributed by atoms with Crippen molar-refractivity contribution in [3.8, 4) is 0 Å². The van der Waals surface area contributed by atoms with Gasteiger partial charge in [-0.25, -0.2) is 0 Å². The zero-order chi connectivity index (χ0) is 3.41. The van der Waals surface area contributed by atoms with Crippen LogP contribution in [0, 0.1) is 11.1 Å². The summed E-state index contributed by atoms with van der Waals surface area (Å²) in [6.07, 6.45) is 0. The van der Waals surface area contributed by atoms with Crippen molar-refractivity contribution in [2.75, 3.05) is 5.50 Å². The van der Waals surface area contributed by atoms with Crippen LogP contribution in [0.3, 0.4) is 0 Å². The smallest absolute Gasteiger partial charge is 0.125 e. The maximum atomic E-state index is 5.14. The topological polar surface area (TPSA) is 0 Å². The molecule has 0 fully saturated rings. The van der Waals surface area contributed by atoms with Crippen molar-refractivity contribution in [1.29, 1.82) is 0 Å². The minimum atomic E-state index is -0.227. The first-order valence-corrected chi connectivity index (χ1v) is 4.90. The molecule has 0 rings (SSSR count). The van der Waals surface area contributed by atoms with Crippen LogP contribution >= 0.6 is 11.6 Å². The van der Waals surface area contributed by atoms with E-state index in [4.69, 9.17) is 11.6 Å². The van der Waals surface area contributed by atoms with Crippen LogP contribution < -0.4 is 0 Å². The first kappa shape index (κ1) is 4.80. The van der Waals surface area contributed by atoms with Gasteiger partial charge >= 0.3 is 8.83 Å². The molecule has 0 aliphatic rings. The van der Waals surface area contributed by atoms with Crippen molar-refractivity contribution in [2.24, 2.45) is 0 Å². The van der Waals surface area contributed by atoms with Crippen LogP contribution in [0.5, 0.6) is 0 Å². The number of alkyl halides is 1. The van der Waals surface area contributed by atoms with E-state index in [0.29, 0.717) is 0 Å². The summed E-state index contributed by atoms with van der Waals surface area (Å²) in [7, 11) is -0.227. The minimum absolute atomic E-state index is 0.227. The van der Waals surface area contributed by atoms with E-state index in [1.165, 1.54) is 0 Å². The number of hydrogen-bond donors (Lipinski definition) is 0. The lowest BCUT2D eigenvalue weighted by Crippen LogP contribution is -1.79. The molecule has 0 heterocycles. The van der Waals surface area contributed by atoms with Gasteiger partial charge in [-0.1, -0.05) is 0 Å². The van der Waals surface area contributed by atoms with Crippen molar-refractivity contribution < 1.29 is 11.1 Å². The van der Waals surface area contributed by atoms with Crippen molar-refractivity contribution in [2.45, 2.75) is 0 Å². The van der Waals surface area contributed by atoms with Gasteiger partial charge in [-0.15, -0.1) is 11.6 Å². The summed E-state index contributed by atoms with van der Waals surface area (Å²) in [5.41, 5.74) is 0.745. The van der Waals surface area contributed by atoms with Gasteiger partial charge in [0.2, 0.25) is 0 Å². The summed E-state index contributed by atoms with van der Waals surface area (Å²) in [6.45, 7) is 0. The second kappa shape index (κ2) is 3.80. The Morgan fingerprint density at radius 3 is 2.25 bits per heavy atom. The molecule has 0 radical (unpaired) electrons. The van der Waals surface area contributed by atoms with Gasteiger partial charge in [0.05, 0.1) is 5.50 Å². The van der Waals surface area contributed by atoms with E-state index >= 15 is 0 Å². The summed E-state index contributed by atoms with van der Waals surface area (Å²) in [6, 6.07) is 0. The Balaban J connectivity index is 1.97. The molecule has 0 amide bonds. The molecule has 0 aliphatic carbocycles. The molecule has 0 aliphatic heterocycles. The average Bonchev–Trinajstić information content (AvgIpc) is 1.37. The number of hydrogen-bond acceptors (Lipinski definition) is 0. The highest BCUT2D eigenvalue weighted by Gasteiger charge is 1.78. The zero-order valence-electron chi connectivity index (χ0n) is 2.20. The Morgan fingerprint density at radius 2 is 2.25 bits per heavy atom. The fourth-order valence-electron chi connectivity index (χ4n) is 0. The predicted octanol–water partition coefficient (Wildman–Crippen LogP) is -0.452. The highest BCUT2D eigenvalue weighted by Crippen LogP contribution is 1.61. The Kier molecular flexibility index (Phi) is 4.55. The Morgan fingerprint density at radius 1 is 2.00 bits per heavy atom. The summed E-state index contributed by atoms with van der Waals surface area (Å²) in [4.78, 5) is 0. The Bertz CT molecular complexity index is 8.00. The van der Waals surface area contributed by atoms with Gasteiger partial charge in [-0.05, 0) is 0 Å². The van der Waals surface area contributed by atoms with E-state index in [9.17, 15) is 0 Å². The molecule has 0 saturated heterocycles. The molecule has 26 valence electrons. The predicted molar refractivity (Wildman–Crippen MR) is 20.7 cm³/mol. The maximum Gasteiger partial charge on any atom is 0.361 e. The monoisotopic (exact) mass is 115 g/mol. The highest BCUT2D eigenvalue weighted by atomic mass is 35.6. The molecule has 0 bridgehead atoms. The summed E-state index contributed by atoms with van der Waals surface area (Å²) in [5.74, 6) is 0. The normalized spacial score (nSPS) is 10.5. The molecule has 0 spiro atoms. The third-order valence-electron chi connectivity index (χ3n) is 0.0772. The van der Waals surface area contributed by atoms with E-state index in [1.807, 2.05) is 0 Å². The molecule has 0 aromatic rings. The SMILES string of the molecule is ClC[SiH2][ClH+]. The van der Waals surface area contributed by atoms with Crippen molar-refractivity contribution in [3.63, 3.8) is 0 Å². The molecule has 0 saturated carbocycles. The molecule has 0 atom stereocenters. The molecule has 4 heavy (non-hydrogen) atoms. The number of rotatable bonds is 1. The third kappa shape index (κ3) is 2.80. The third-order valence-corrected chi connectivity index (χ3v) is 2.08. The molecular weight excluding hydrogens is 111 g/mol. The van der Waals surface area contributed by atoms with Gasteiger partial charge in [0.25, 0.3) is 0 Å². The molecule has 3 heteroatoms. The number of halogens is 2. The van der Waals surface area contributed by atoms with E-state index < -0.39 is 0 Å². The van der Waals surface area contributed by atoms with Crippen molar-refractivity contribution >= 4 is 20.4 Å². The van der Waals surface area contributed by atoms with Gasteiger partial charge in [-0.2, -0.15) is 0 Å². The van der Waals surface area contributed by atoms with Crippen LogP contribution in [0.4, 0.5) is 0 Å². The standard InChI is InChI=1S/CH5Cl2Si/c2-1-4-3/h3H,1,4H2/q+1. The van der Waals surface area contributed by atoms with Crippen LogP contribution in [0.15, 0.2) is 0 Å². The Labute approximate surface area is 37.6 Å². The first-order valence-electron chi connectivity index (χ1n) is 1.06. The second-order valence-corrected chi connectivity index (χ2v) is 3.54. The van der Waals surface area contributed by atoms with E-state index in [0.717, 1.165) is 5.50 Å². The van der Waals surface area contributed by atoms with Gasteiger partial charge in [0.1, 0.15) is 0 Å². The zero-order valence-corrected chi connectivity index (χ0v) is 5.19. The van der Waals surface area contributed by atoms with Gasteiger partial charge in [0, 0.05) is 11.1 Å². The van der Waals surface area contributed by atoms with E-state index in [1.54, 1.807) is 0 Å². The van der Waals surface area contributed by atoms with Gasteiger partial charge in [0.15, 0.2) is 0 Å². The molecule has 0 aromatic carbocycles. The second-order valence-electron chi connectivity index (χ2n) is 0.393. The van der Waals surface area contributed by atoms with Crippen LogP contribution in [0.2, 0.25) is 0 Å². The largest absolute Gasteiger partial charge is 0.361 e. The van der Waals surface area contributed by atoms with Gasteiger partial charge in [-0.3, -0.25) is 0 Å². The van der Waals surface area contributed by atoms with Crippen LogP contribution in [0.1, 0.15) is 0 Å². The van der Waals surface area contributed by atoms with E-state index in [-0.39, 0.29) is 8.83 Å². The van der Waals surface area contributed by atoms with E-state index in [2.05, 4.69) is 11.1 Å². The Hall–Kier alpha value is 0.797. The van der Waals surface area contributed by atoms with Crippen molar-refractivity contribution in [3.05, 3.63) is 0 Å². The molecular formula is CH5Cl2Si+. The lowest BCUT2D eigenvalue weighted by Gasteiger charge is -1.50. The first-order chi connectivity index (χ1) is 1.91. The summed E-state index contributed by atoms with van der Waals surface area (Å²) >= 11 is 9.70. The minimum Gasteiger partial charge on any atom is -0.125 e. The van der Waals surface area contributed by atoms with Crippen molar-refractivity contribution in [1.82, 2.24) is 0 Å². The molecule has 0 aromatic heterocycles. The molecule has 0 N–H and O–H groups in total. The summed E-state index contributed by atoms with van der Waals surface area (Å²) in [5, 5.41) is 0. The lowest BCUT2D eigenvalue weighted by molar-refractivity contribution is -0.179. The maximum absolute atomic E-state index is 5.14. The lowest BCUT2D eigenvalue weighted by atomic mass is 11.9. The molecule has 0 unspecified atom stereocenters. The van der Waals surface area contributed by atoms with Crippen LogP contribution in [-0.4, -0.2) is 14.3 Å². The van der Waals surface area contributed by atoms with Crippen LogP contribution in [0.25, 0.3) is 0 Å². The fraction of sp³-hybridized carbons (Fsp3) is 1.00. The van der Waals surface area contributed by atoms with Gasteiger partial charge < -0.3 is 0 Å². The fourth-order valence-corrected chi connectivity index (χ4v) is 0. The average molecular weight is 116 g/mol. The quantitative estimate of drug-likeness (QED) is 0.247. The van der Waals surface area contributed by atoms with Crippen LogP contribution in [-0.2, 0) is 0 Å².